The number of ether oxygens (including phenoxy) is 1. The molecule has 2 N–H and O–H groups in total. The Morgan fingerprint density at radius 1 is 1.19 bits per heavy atom. The lowest BCUT2D eigenvalue weighted by molar-refractivity contribution is -0.122. The first-order chi connectivity index (χ1) is 12.6. The molecule has 1 heterocycles. The number of amides is 1. The molecule has 6 heteroatoms. The number of nitrogens with zero attached hydrogens (tertiary/aromatic N) is 2. The number of carbonyl (C=O) groups is 1. The van der Waals surface area contributed by atoms with E-state index in [9.17, 15) is 4.79 Å². The van der Waals surface area contributed by atoms with E-state index in [4.69, 9.17) is 4.74 Å². The van der Waals surface area contributed by atoms with Crippen LogP contribution in [0.15, 0.2) is 54.9 Å². The lowest BCUT2D eigenvalue weighted by Crippen LogP contribution is -2.31. The minimum Gasteiger partial charge on any atom is -0.493 e. The third-order valence-electron chi connectivity index (χ3n) is 4.08. The van der Waals surface area contributed by atoms with Gasteiger partial charge in [0.05, 0.1) is 13.0 Å². The van der Waals surface area contributed by atoms with Gasteiger partial charge in [-0.25, -0.2) is 4.98 Å². The lowest BCUT2D eigenvalue weighted by atomic mass is 10.1. The van der Waals surface area contributed by atoms with E-state index in [1.54, 1.807) is 0 Å². The van der Waals surface area contributed by atoms with Crippen LogP contribution < -0.4 is 10.1 Å². The van der Waals surface area contributed by atoms with E-state index in [2.05, 4.69) is 20.5 Å². The van der Waals surface area contributed by atoms with Gasteiger partial charge in [-0.15, -0.1) is 0 Å². The minimum absolute atomic E-state index is 0.111. The van der Waals surface area contributed by atoms with Crippen LogP contribution in [0.5, 0.6) is 5.75 Å². The van der Waals surface area contributed by atoms with Gasteiger partial charge >= 0.3 is 0 Å². The van der Waals surface area contributed by atoms with Gasteiger partial charge < -0.3 is 10.1 Å². The van der Waals surface area contributed by atoms with Crippen LogP contribution in [0.3, 0.4) is 0 Å². The van der Waals surface area contributed by atoms with Crippen LogP contribution >= 0.6 is 0 Å². The summed E-state index contributed by atoms with van der Waals surface area (Å²) in [6, 6.07) is 15.3. The van der Waals surface area contributed by atoms with Gasteiger partial charge in [0.15, 0.2) is 5.82 Å². The van der Waals surface area contributed by atoms with E-state index >= 15 is 0 Å². The quantitative estimate of drug-likeness (QED) is 0.686. The van der Waals surface area contributed by atoms with Crippen molar-refractivity contribution in [3.63, 3.8) is 0 Å². The molecule has 1 atom stereocenters. The minimum atomic E-state index is -0.369. The van der Waals surface area contributed by atoms with Gasteiger partial charge in [0.25, 0.3) is 0 Å². The lowest BCUT2D eigenvalue weighted by Gasteiger charge is -2.17. The fourth-order valence-corrected chi connectivity index (χ4v) is 2.66. The zero-order chi connectivity index (χ0) is 18.4. The van der Waals surface area contributed by atoms with Crippen molar-refractivity contribution in [2.75, 3.05) is 6.61 Å². The van der Waals surface area contributed by atoms with E-state index < -0.39 is 0 Å². The molecule has 26 heavy (non-hydrogen) atoms. The number of benzene rings is 2. The maximum Gasteiger partial charge on any atom is 0.224 e. The normalized spacial score (nSPS) is 11.8. The van der Waals surface area contributed by atoms with Gasteiger partial charge in [-0.3, -0.25) is 9.89 Å². The van der Waals surface area contributed by atoms with Crippen LogP contribution in [0, 0.1) is 13.8 Å². The van der Waals surface area contributed by atoms with Crippen molar-refractivity contribution in [3.05, 3.63) is 77.4 Å². The highest BCUT2D eigenvalue weighted by atomic mass is 16.5. The van der Waals surface area contributed by atoms with Crippen molar-refractivity contribution in [2.24, 2.45) is 0 Å². The summed E-state index contributed by atoms with van der Waals surface area (Å²) in [5.74, 6) is 1.30. The summed E-state index contributed by atoms with van der Waals surface area (Å²) in [4.78, 5) is 16.6. The molecular weight excluding hydrogens is 328 g/mol. The Morgan fingerprint density at radius 3 is 2.73 bits per heavy atom. The van der Waals surface area contributed by atoms with Crippen molar-refractivity contribution in [2.45, 2.75) is 26.3 Å². The van der Waals surface area contributed by atoms with Crippen LogP contribution in [0.2, 0.25) is 0 Å². The average Bonchev–Trinajstić information content (AvgIpc) is 3.18. The molecule has 3 aromatic rings. The molecule has 0 spiro atoms. The third-order valence-corrected chi connectivity index (χ3v) is 4.08. The summed E-state index contributed by atoms with van der Waals surface area (Å²) in [5, 5.41) is 9.71. The summed E-state index contributed by atoms with van der Waals surface area (Å²) in [6.45, 7) is 4.32. The van der Waals surface area contributed by atoms with Crippen molar-refractivity contribution in [1.29, 1.82) is 0 Å². The second-order valence-electron chi connectivity index (χ2n) is 6.15. The van der Waals surface area contributed by atoms with E-state index in [-0.39, 0.29) is 18.4 Å². The SMILES string of the molecule is Cc1ccc(C)c(OCCC(=O)N[C@H](c2ccccc2)c2ncn[nH]2)c1. The Balaban J connectivity index is 1.61. The van der Waals surface area contributed by atoms with E-state index in [0.717, 1.165) is 22.4 Å². The Labute approximate surface area is 152 Å². The first-order valence-electron chi connectivity index (χ1n) is 8.53. The van der Waals surface area contributed by atoms with E-state index in [0.29, 0.717) is 12.4 Å². The van der Waals surface area contributed by atoms with Gasteiger partial charge in [0.1, 0.15) is 18.1 Å². The van der Waals surface area contributed by atoms with Gasteiger partial charge in [-0.05, 0) is 36.6 Å². The number of hydrogen-bond acceptors (Lipinski definition) is 4. The Bertz CT molecular complexity index is 848. The Morgan fingerprint density at radius 2 is 2.00 bits per heavy atom. The molecule has 0 saturated heterocycles. The van der Waals surface area contributed by atoms with Crippen molar-refractivity contribution < 1.29 is 9.53 Å². The molecular formula is C20H22N4O2. The number of aromatic amines is 1. The highest BCUT2D eigenvalue weighted by Gasteiger charge is 2.19. The first kappa shape index (κ1) is 17.7. The molecule has 0 radical (unpaired) electrons. The molecule has 0 saturated carbocycles. The largest absolute Gasteiger partial charge is 0.493 e. The highest BCUT2D eigenvalue weighted by molar-refractivity contribution is 5.77. The van der Waals surface area contributed by atoms with Crippen LogP contribution in [0.4, 0.5) is 0 Å². The zero-order valence-electron chi connectivity index (χ0n) is 14.9. The molecule has 0 bridgehead atoms. The molecule has 134 valence electrons. The molecule has 0 aliphatic carbocycles. The molecule has 6 nitrogen and oxygen atoms in total. The van der Waals surface area contributed by atoms with Gasteiger partial charge in [-0.2, -0.15) is 5.10 Å². The summed E-state index contributed by atoms with van der Waals surface area (Å²) in [7, 11) is 0. The molecule has 1 aromatic heterocycles. The summed E-state index contributed by atoms with van der Waals surface area (Å²) < 4.78 is 5.77. The molecule has 3 rings (SSSR count). The van der Waals surface area contributed by atoms with Gasteiger partial charge in [0, 0.05) is 0 Å². The molecule has 1 amide bonds. The number of hydrogen-bond donors (Lipinski definition) is 2. The highest BCUT2D eigenvalue weighted by Crippen LogP contribution is 2.20. The summed E-state index contributed by atoms with van der Waals surface area (Å²) >= 11 is 0. The maximum atomic E-state index is 12.4. The fraction of sp³-hybridized carbons (Fsp3) is 0.250. The molecule has 2 aromatic carbocycles. The summed E-state index contributed by atoms with van der Waals surface area (Å²) in [5.41, 5.74) is 3.12. The van der Waals surface area contributed by atoms with Crippen LogP contribution in [-0.2, 0) is 4.79 Å². The van der Waals surface area contributed by atoms with Gasteiger partial charge in [-0.1, -0.05) is 42.5 Å². The van der Waals surface area contributed by atoms with Crippen molar-refractivity contribution >= 4 is 5.91 Å². The van der Waals surface area contributed by atoms with Gasteiger partial charge in [0.2, 0.25) is 5.91 Å². The van der Waals surface area contributed by atoms with Crippen molar-refractivity contribution in [1.82, 2.24) is 20.5 Å². The predicted octanol–water partition coefficient (Wildman–Crippen LogP) is 3.10. The number of nitrogens with one attached hydrogen (secondary N) is 2. The average molecular weight is 350 g/mol. The Kier molecular flexibility index (Phi) is 5.63. The van der Waals surface area contributed by atoms with Crippen LogP contribution in [0.1, 0.15) is 35.0 Å². The molecule has 0 aliphatic heterocycles. The Hall–Kier alpha value is -3.15. The van der Waals surface area contributed by atoms with Crippen LogP contribution in [0.25, 0.3) is 0 Å². The van der Waals surface area contributed by atoms with E-state index in [1.165, 1.54) is 6.33 Å². The number of H-pyrrole nitrogens is 1. The molecule has 0 unspecified atom stereocenters. The van der Waals surface area contributed by atoms with Crippen molar-refractivity contribution in [3.8, 4) is 5.75 Å². The monoisotopic (exact) mass is 350 g/mol. The van der Waals surface area contributed by atoms with Crippen LogP contribution in [-0.4, -0.2) is 27.7 Å². The number of aryl methyl sites for hydroxylation is 2. The maximum absolute atomic E-state index is 12.4. The standard InChI is InChI=1S/C20H22N4O2/c1-14-8-9-15(2)17(12-14)26-11-10-18(25)23-19(20-21-13-22-24-20)16-6-4-3-5-7-16/h3-9,12-13,19H,10-11H2,1-2H3,(H,23,25)(H,21,22,24)/t19-/m1/s1. The smallest absolute Gasteiger partial charge is 0.224 e. The second-order valence-corrected chi connectivity index (χ2v) is 6.15. The summed E-state index contributed by atoms with van der Waals surface area (Å²) in [6.07, 6.45) is 1.69. The number of rotatable bonds is 7. The molecule has 0 fully saturated rings. The first-order valence-corrected chi connectivity index (χ1v) is 8.53. The number of carbonyl (C=O) groups excluding carboxylic acids is 1. The predicted molar refractivity (Wildman–Crippen MR) is 98.8 cm³/mol. The van der Waals surface area contributed by atoms with E-state index in [1.807, 2.05) is 62.4 Å². The zero-order valence-corrected chi connectivity index (χ0v) is 14.9. The second kappa shape index (κ2) is 8.29. The third kappa shape index (κ3) is 4.47. The number of aromatic nitrogens is 3. The molecule has 0 aliphatic rings. The topological polar surface area (TPSA) is 79.9 Å². The fourth-order valence-electron chi connectivity index (χ4n) is 2.66.